The molecule has 0 bridgehead atoms. The van der Waals surface area contributed by atoms with E-state index < -0.39 is 0 Å². The summed E-state index contributed by atoms with van der Waals surface area (Å²) in [6, 6.07) is 16.1. The first kappa shape index (κ1) is 19.8. The highest BCUT2D eigenvalue weighted by atomic mass is 35.5. The second-order valence-corrected chi connectivity index (χ2v) is 7.84. The van der Waals surface area contributed by atoms with E-state index in [1.165, 1.54) is 0 Å². The number of allylic oxidation sites excluding steroid dienone is 1. The molecule has 0 saturated heterocycles. The molecule has 1 aliphatic heterocycles. The van der Waals surface area contributed by atoms with Gasteiger partial charge in [0.25, 0.3) is 0 Å². The normalized spacial score (nSPS) is 14.1. The fourth-order valence-corrected chi connectivity index (χ4v) is 3.45. The average molecular weight is 446 g/mol. The van der Waals surface area contributed by atoms with Crippen molar-refractivity contribution >= 4 is 46.7 Å². The Morgan fingerprint density at radius 1 is 0.966 bits per heavy atom. The molecule has 0 fully saturated rings. The van der Waals surface area contributed by atoms with E-state index in [9.17, 15) is 4.79 Å². The van der Waals surface area contributed by atoms with Gasteiger partial charge in [-0.25, -0.2) is 0 Å². The highest BCUT2D eigenvalue weighted by molar-refractivity contribution is 6.42. The topological polar surface area (TPSA) is 35.5 Å². The first-order valence-electron chi connectivity index (χ1n) is 8.82. The molecule has 146 valence electrons. The summed E-state index contributed by atoms with van der Waals surface area (Å²) < 4.78 is 11.8. The van der Waals surface area contributed by atoms with Gasteiger partial charge >= 0.3 is 0 Å². The van der Waals surface area contributed by atoms with Gasteiger partial charge in [0.1, 0.15) is 18.1 Å². The van der Waals surface area contributed by atoms with Crippen LogP contribution in [0.25, 0.3) is 6.08 Å². The van der Waals surface area contributed by atoms with E-state index in [4.69, 9.17) is 44.3 Å². The first-order chi connectivity index (χ1) is 13.9. The SMILES string of the molecule is Cc1c(OCc2ccc(Cl)cc2)ccc2c1O/C(=C\c1ccc(Cl)c(Cl)c1)C2=O. The number of hydrogen-bond donors (Lipinski definition) is 0. The third-order valence-electron chi connectivity index (χ3n) is 4.59. The molecule has 0 radical (unpaired) electrons. The Hall–Kier alpha value is -2.46. The van der Waals surface area contributed by atoms with E-state index in [1.54, 1.807) is 36.4 Å². The summed E-state index contributed by atoms with van der Waals surface area (Å²) in [5, 5.41) is 1.54. The molecule has 3 nitrogen and oxygen atoms in total. The van der Waals surface area contributed by atoms with E-state index in [0.29, 0.717) is 38.7 Å². The number of fused-ring (bicyclic) bond motifs is 1. The molecular weight excluding hydrogens is 431 g/mol. The van der Waals surface area contributed by atoms with Gasteiger partial charge in [0.05, 0.1) is 15.6 Å². The van der Waals surface area contributed by atoms with Gasteiger partial charge in [-0.2, -0.15) is 0 Å². The zero-order valence-corrected chi connectivity index (χ0v) is 17.6. The molecule has 29 heavy (non-hydrogen) atoms. The summed E-state index contributed by atoms with van der Waals surface area (Å²) in [5.41, 5.74) is 2.99. The van der Waals surface area contributed by atoms with Crippen LogP contribution >= 0.6 is 34.8 Å². The predicted octanol–water partition coefficient (Wildman–Crippen LogP) is 7.15. The van der Waals surface area contributed by atoms with Crippen LogP contribution < -0.4 is 9.47 Å². The molecule has 0 spiro atoms. The number of Topliss-reactive ketones (excluding diaryl/α,β-unsaturated/α-hetero) is 1. The molecule has 0 atom stereocenters. The van der Waals surface area contributed by atoms with E-state index in [-0.39, 0.29) is 11.5 Å². The minimum Gasteiger partial charge on any atom is -0.488 e. The van der Waals surface area contributed by atoms with E-state index >= 15 is 0 Å². The fraction of sp³-hybridized carbons (Fsp3) is 0.0870. The van der Waals surface area contributed by atoms with Gasteiger partial charge in [-0.3, -0.25) is 4.79 Å². The molecule has 1 aliphatic rings. The van der Waals surface area contributed by atoms with E-state index in [2.05, 4.69) is 0 Å². The predicted molar refractivity (Wildman–Crippen MR) is 116 cm³/mol. The maximum atomic E-state index is 12.7. The van der Waals surface area contributed by atoms with Crippen molar-refractivity contribution < 1.29 is 14.3 Å². The van der Waals surface area contributed by atoms with E-state index in [0.717, 1.165) is 16.7 Å². The zero-order valence-electron chi connectivity index (χ0n) is 15.3. The summed E-state index contributed by atoms with van der Waals surface area (Å²) in [6.07, 6.45) is 1.65. The average Bonchev–Trinajstić information content (AvgIpc) is 3.02. The molecule has 4 rings (SSSR count). The van der Waals surface area contributed by atoms with Gasteiger partial charge in [0.2, 0.25) is 5.78 Å². The molecule has 0 amide bonds. The number of carbonyl (C=O) groups is 1. The lowest BCUT2D eigenvalue weighted by Gasteiger charge is -2.11. The number of rotatable bonds is 4. The van der Waals surface area contributed by atoms with Crippen LogP contribution in [0.1, 0.15) is 27.0 Å². The minimum atomic E-state index is -0.182. The van der Waals surface area contributed by atoms with Gasteiger partial charge in [-0.15, -0.1) is 0 Å². The third kappa shape index (κ3) is 4.13. The maximum absolute atomic E-state index is 12.7. The van der Waals surface area contributed by atoms with Crippen LogP contribution in [-0.4, -0.2) is 5.78 Å². The van der Waals surface area contributed by atoms with Gasteiger partial charge in [-0.1, -0.05) is 53.0 Å². The number of hydrogen-bond acceptors (Lipinski definition) is 3. The van der Waals surface area contributed by atoms with Crippen LogP contribution in [0.15, 0.2) is 60.4 Å². The van der Waals surface area contributed by atoms with Gasteiger partial charge in [-0.05, 0) is 60.5 Å². The first-order valence-corrected chi connectivity index (χ1v) is 9.96. The molecule has 0 N–H and O–H groups in total. The largest absolute Gasteiger partial charge is 0.488 e. The molecule has 3 aromatic rings. The number of carbonyl (C=O) groups excluding carboxylic acids is 1. The van der Waals surface area contributed by atoms with Crippen LogP contribution in [0.4, 0.5) is 0 Å². The summed E-state index contributed by atoms with van der Waals surface area (Å²) >= 11 is 17.9. The Balaban J connectivity index is 1.57. The number of ketones is 1. The number of halogens is 3. The lowest BCUT2D eigenvalue weighted by Crippen LogP contribution is -1.98. The standard InChI is InChI=1S/C23H15Cl3O3/c1-13-20(28-12-14-2-5-16(24)6-3-14)9-7-17-22(27)21(29-23(13)17)11-15-4-8-18(25)19(26)10-15/h2-11H,12H2,1H3/b21-11-. The Morgan fingerprint density at radius 2 is 1.72 bits per heavy atom. The second kappa shape index (κ2) is 8.11. The van der Waals surface area contributed by atoms with Crippen LogP contribution in [0.2, 0.25) is 15.1 Å². The van der Waals surface area contributed by atoms with Crippen molar-refractivity contribution in [2.75, 3.05) is 0 Å². The highest BCUT2D eigenvalue weighted by Crippen LogP contribution is 2.39. The van der Waals surface area contributed by atoms with Crippen LogP contribution in [0.3, 0.4) is 0 Å². The highest BCUT2D eigenvalue weighted by Gasteiger charge is 2.30. The molecule has 0 aromatic heterocycles. The smallest absolute Gasteiger partial charge is 0.231 e. The minimum absolute atomic E-state index is 0.182. The van der Waals surface area contributed by atoms with E-state index in [1.807, 2.05) is 31.2 Å². The van der Waals surface area contributed by atoms with Gasteiger partial charge < -0.3 is 9.47 Å². The van der Waals surface area contributed by atoms with Crippen molar-refractivity contribution in [1.29, 1.82) is 0 Å². The van der Waals surface area contributed by atoms with Crippen molar-refractivity contribution in [3.05, 3.63) is 97.7 Å². The van der Waals surface area contributed by atoms with Crippen LogP contribution in [-0.2, 0) is 6.61 Å². The monoisotopic (exact) mass is 444 g/mol. The number of benzene rings is 3. The molecule has 0 aliphatic carbocycles. The van der Waals surface area contributed by atoms with Crippen LogP contribution in [0.5, 0.6) is 11.5 Å². The Morgan fingerprint density at radius 3 is 2.45 bits per heavy atom. The molecule has 3 aromatic carbocycles. The zero-order chi connectivity index (χ0) is 20.5. The second-order valence-electron chi connectivity index (χ2n) is 6.59. The molecule has 1 heterocycles. The number of ether oxygens (including phenoxy) is 2. The summed E-state index contributed by atoms with van der Waals surface area (Å²) in [6.45, 7) is 2.25. The fourth-order valence-electron chi connectivity index (χ4n) is 3.02. The van der Waals surface area contributed by atoms with Crippen molar-refractivity contribution in [2.24, 2.45) is 0 Å². The van der Waals surface area contributed by atoms with Crippen molar-refractivity contribution in [1.82, 2.24) is 0 Å². The summed E-state index contributed by atoms with van der Waals surface area (Å²) in [7, 11) is 0. The summed E-state index contributed by atoms with van der Waals surface area (Å²) in [5.74, 6) is 1.21. The van der Waals surface area contributed by atoms with Crippen molar-refractivity contribution in [3.63, 3.8) is 0 Å². The summed E-state index contributed by atoms with van der Waals surface area (Å²) in [4.78, 5) is 12.7. The Bertz CT molecular complexity index is 1130. The van der Waals surface area contributed by atoms with Crippen molar-refractivity contribution in [2.45, 2.75) is 13.5 Å². The van der Waals surface area contributed by atoms with Crippen LogP contribution in [0, 0.1) is 6.92 Å². The van der Waals surface area contributed by atoms with Gasteiger partial charge in [0.15, 0.2) is 5.76 Å². The Labute approximate surface area is 183 Å². The Kier molecular flexibility index (Phi) is 5.55. The lowest BCUT2D eigenvalue weighted by atomic mass is 10.1. The van der Waals surface area contributed by atoms with Gasteiger partial charge in [0, 0.05) is 10.6 Å². The lowest BCUT2D eigenvalue weighted by molar-refractivity contribution is 0.101. The molecule has 6 heteroatoms. The molecular formula is C23H15Cl3O3. The molecule has 0 saturated carbocycles. The quantitative estimate of drug-likeness (QED) is 0.400. The molecule has 0 unspecified atom stereocenters. The maximum Gasteiger partial charge on any atom is 0.231 e. The van der Waals surface area contributed by atoms with Crippen molar-refractivity contribution in [3.8, 4) is 11.5 Å². The third-order valence-corrected chi connectivity index (χ3v) is 5.58.